The molecular weight excluding hydrogens is 357 g/mol. The number of benzene rings is 3. The van der Waals surface area contributed by atoms with Gasteiger partial charge in [0.15, 0.2) is 0 Å². The zero-order valence-corrected chi connectivity index (χ0v) is 14.8. The second-order valence-electron chi connectivity index (χ2n) is 6.13. The Bertz CT molecular complexity index is 1070. The molecule has 1 N–H and O–H groups in total. The SMILES string of the molecule is O=C(NCc1nnc(-c2ccc(F)cc2)o1)c1ccc(-c2ccccc2)cc1. The van der Waals surface area contributed by atoms with Crippen molar-refractivity contribution in [3.8, 4) is 22.6 Å². The van der Waals surface area contributed by atoms with Gasteiger partial charge in [0.2, 0.25) is 11.8 Å². The van der Waals surface area contributed by atoms with E-state index in [0.717, 1.165) is 11.1 Å². The third-order valence-corrected chi connectivity index (χ3v) is 4.21. The van der Waals surface area contributed by atoms with Crippen LogP contribution in [0.5, 0.6) is 0 Å². The summed E-state index contributed by atoms with van der Waals surface area (Å²) in [5.74, 6) is -0.0276. The van der Waals surface area contributed by atoms with Crippen LogP contribution in [0.1, 0.15) is 16.2 Å². The first-order valence-electron chi connectivity index (χ1n) is 8.71. The molecule has 0 saturated carbocycles. The van der Waals surface area contributed by atoms with Crippen molar-refractivity contribution >= 4 is 5.91 Å². The van der Waals surface area contributed by atoms with Crippen LogP contribution in [0.3, 0.4) is 0 Å². The highest BCUT2D eigenvalue weighted by atomic mass is 19.1. The molecule has 0 aliphatic carbocycles. The number of rotatable bonds is 5. The highest BCUT2D eigenvalue weighted by molar-refractivity contribution is 5.94. The summed E-state index contributed by atoms with van der Waals surface area (Å²) < 4.78 is 18.5. The molecule has 4 rings (SSSR count). The van der Waals surface area contributed by atoms with Crippen LogP contribution in [0.2, 0.25) is 0 Å². The van der Waals surface area contributed by atoms with E-state index in [1.165, 1.54) is 12.1 Å². The van der Waals surface area contributed by atoms with E-state index in [9.17, 15) is 9.18 Å². The zero-order valence-electron chi connectivity index (χ0n) is 14.8. The number of aromatic nitrogens is 2. The highest BCUT2D eigenvalue weighted by Crippen LogP contribution is 2.20. The lowest BCUT2D eigenvalue weighted by Crippen LogP contribution is -2.22. The van der Waals surface area contributed by atoms with Crippen molar-refractivity contribution in [3.63, 3.8) is 0 Å². The third kappa shape index (κ3) is 3.96. The van der Waals surface area contributed by atoms with Gasteiger partial charge in [-0.3, -0.25) is 4.79 Å². The Hall–Kier alpha value is -3.80. The topological polar surface area (TPSA) is 68.0 Å². The average molecular weight is 373 g/mol. The van der Waals surface area contributed by atoms with E-state index < -0.39 is 0 Å². The maximum atomic E-state index is 13.0. The molecule has 4 aromatic rings. The molecular formula is C22H16FN3O2. The van der Waals surface area contributed by atoms with Crippen molar-refractivity contribution in [1.29, 1.82) is 0 Å². The minimum Gasteiger partial charge on any atom is -0.419 e. The Balaban J connectivity index is 1.39. The summed E-state index contributed by atoms with van der Waals surface area (Å²) in [5, 5.41) is 10.6. The number of nitrogens with zero attached hydrogens (tertiary/aromatic N) is 2. The first kappa shape index (κ1) is 17.6. The standard InChI is InChI=1S/C22H16FN3O2/c23-19-12-10-18(11-13-19)22-26-25-20(28-22)14-24-21(27)17-8-6-16(7-9-17)15-4-2-1-3-5-15/h1-13H,14H2,(H,24,27). The van der Waals surface area contributed by atoms with Crippen LogP contribution in [0.15, 0.2) is 83.3 Å². The summed E-state index contributed by atoms with van der Waals surface area (Å²) in [4.78, 5) is 12.3. The minimum atomic E-state index is -0.339. The van der Waals surface area contributed by atoms with Gasteiger partial charge in [-0.1, -0.05) is 42.5 Å². The Morgan fingerprint density at radius 1 is 0.821 bits per heavy atom. The summed E-state index contributed by atoms with van der Waals surface area (Å²) in [6.45, 7) is 0.105. The monoisotopic (exact) mass is 373 g/mol. The van der Waals surface area contributed by atoms with Gasteiger partial charge in [0.1, 0.15) is 5.82 Å². The maximum absolute atomic E-state index is 13.0. The van der Waals surface area contributed by atoms with Gasteiger partial charge in [0.25, 0.3) is 5.91 Å². The second-order valence-corrected chi connectivity index (χ2v) is 6.13. The van der Waals surface area contributed by atoms with Crippen molar-refractivity contribution in [2.75, 3.05) is 0 Å². The van der Waals surface area contributed by atoms with Crippen molar-refractivity contribution in [1.82, 2.24) is 15.5 Å². The molecule has 5 nitrogen and oxygen atoms in total. The van der Waals surface area contributed by atoms with Gasteiger partial charge in [-0.15, -0.1) is 10.2 Å². The Kier molecular flexibility index (Phi) is 4.93. The molecule has 0 saturated heterocycles. The molecule has 1 aromatic heterocycles. The summed E-state index contributed by atoms with van der Waals surface area (Å²) in [6, 6.07) is 23.1. The predicted octanol–water partition coefficient (Wildman–Crippen LogP) is 4.47. The van der Waals surface area contributed by atoms with E-state index in [-0.39, 0.29) is 30.1 Å². The molecule has 1 heterocycles. The highest BCUT2D eigenvalue weighted by Gasteiger charge is 2.11. The first-order chi connectivity index (χ1) is 13.7. The molecule has 0 atom stereocenters. The molecule has 138 valence electrons. The molecule has 0 spiro atoms. The fraction of sp³-hybridized carbons (Fsp3) is 0.0455. The maximum Gasteiger partial charge on any atom is 0.251 e. The lowest BCUT2D eigenvalue weighted by atomic mass is 10.0. The average Bonchev–Trinajstić information content (AvgIpc) is 3.22. The van der Waals surface area contributed by atoms with Gasteiger partial charge in [0.05, 0.1) is 6.54 Å². The molecule has 1 amide bonds. The van der Waals surface area contributed by atoms with E-state index >= 15 is 0 Å². The van der Waals surface area contributed by atoms with Gasteiger partial charge >= 0.3 is 0 Å². The smallest absolute Gasteiger partial charge is 0.251 e. The second kappa shape index (κ2) is 7.84. The first-order valence-corrected chi connectivity index (χ1v) is 8.71. The summed E-state index contributed by atoms with van der Waals surface area (Å²) in [5.41, 5.74) is 3.28. The molecule has 0 aliphatic rings. The van der Waals surface area contributed by atoms with Gasteiger partial charge in [-0.25, -0.2) is 4.39 Å². The van der Waals surface area contributed by atoms with Crippen LogP contribution in [0, 0.1) is 5.82 Å². The predicted molar refractivity (Wildman–Crippen MR) is 103 cm³/mol. The van der Waals surface area contributed by atoms with E-state index in [0.29, 0.717) is 11.1 Å². The molecule has 0 unspecified atom stereocenters. The van der Waals surface area contributed by atoms with Crippen LogP contribution in [0.25, 0.3) is 22.6 Å². The third-order valence-electron chi connectivity index (χ3n) is 4.21. The number of hydrogen-bond donors (Lipinski definition) is 1. The molecule has 3 aromatic carbocycles. The minimum absolute atomic E-state index is 0.105. The zero-order chi connectivity index (χ0) is 19.3. The van der Waals surface area contributed by atoms with Crippen LogP contribution in [-0.4, -0.2) is 16.1 Å². The number of halogens is 1. The molecule has 28 heavy (non-hydrogen) atoms. The fourth-order valence-electron chi connectivity index (χ4n) is 2.74. The van der Waals surface area contributed by atoms with Crippen LogP contribution < -0.4 is 5.32 Å². The number of amides is 1. The van der Waals surface area contributed by atoms with Crippen LogP contribution >= 0.6 is 0 Å². The number of nitrogens with one attached hydrogen (secondary N) is 1. The van der Waals surface area contributed by atoms with Gasteiger partial charge in [0, 0.05) is 11.1 Å². The lowest BCUT2D eigenvalue weighted by molar-refractivity contribution is 0.0947. The van der Waals surface area contributed by atoms with Crippen LogP contribution in [0.4, 0.5) is 4.39 Å². The van der Waals surface area contributed by atoms with E-state index in [1.807, 2.05) is 42.5 Å². The van der Waals surface area contributed by atoms with Gasteiger partial charge in [-0.2, -0.15) is 0 Å². The van der Waals surface area contributed by atoms with E-state index in [1.54, 1.807) is 24.3 Å². The quantitative estimate of drug-likeness (QED) is 0.560. The number of hydrogen-bond acceptors (Lipinski definition) is 4. The van der Waals surface area contributed by atoms with Gasteiger partial charge in [-0.05, 0) is 47.5 Å². The van der Waals surface area contributed by atoms with Crippen LogP contribution in [-0.2, 0) is 6.54 Å². The van der Waals surface area contributed by atoms with E-state index in [2.05, 4.69) is 15.5 Å². The summed E-state index contributed by atoms with van der Waals surface area (Å²) >= 11 is 0. The van der Waals surface area contributed by atoms with Crippen molar-refractivity contribution in [2.24, 2.45) is 0 Å². The fourth-order valence-corrected chi connectivity index (χ4v) is 2.74. The normalized spacial score (nSPS) is 10.6. The Morgan fingerprint density at radius 2 is 1.46 bits per heavy atom. The molecule has 0 fully saturated rings. The lowest BCUT2D eigenvalue weighted by Gasteiger charge is -2.05. The van der Waals surface area contributed by atoms with Crippen molar-refractivity contribution < 1.29 is 13.6 Å². The van der Waals surface area contributed by atoms with Gasteiger partial charge < -0.3 is 9.73 Å². The van der Waals surface area contributed by atoms with Crippen molar-refractivity contribution in [3.05, 3.63) is 96.1 Å². The largest absolute Gasteiger partial charge is 0.419 e. The summed E-state index contributed by atoms with van der Waals surface area (Å²) in [6.07, 6.45) is 0. The molecule has 6 heteroatoms. The molecule has 0 radical (unpaired) electrons. The summed E-state index contributed by atoms with van der Waals surface area (Å²) in [7, 11) is 0. The number of carbonyl (C=O) groups is 1. The number of carbonyl (C=O) groups excluding carboxylic acids is 1. The Labute approximate surface area is 160 Å². The molecule has 0 aliphatic heterocycles. The van der Waals surface area contributed by atoms with Crippen molar-refractivity contribution in [2.45, 2.75) is 6.54 Å². The Morgan fingerprint density at radius 3 is 2.18 bits per heavy atom. The van der Waals surface area contributed by atoms with E-state index in [4.69, 9.17) is 4.42 Å². The molecule has 0 bridgehead atoms.